The number of hydrogen-bond donors (Lipinski definition) is 1. The summed E-state index contributed by atoms with van der Waals surface area (Å²) in [6.45, 7) is 0. The van der Waals surface area contributed by atoms with Crippen LogP contribution in [-0.2, 0) is 0 Å². The van der Waals surface area contributed by atoms with Crippen molar-refractivity contribution in [2.45, 2.75) is 0 Å². The van der Waals surface area contributed by atoms with Crippen LogP contribution in [-0.4, -0.2) is 16.1 Å². The van der Waals surface area contributed by atoms with Crippen LogP contribution in [0.2, 0.25) is 5.02 Å². The molecule has 0 radical (unpaired) electrons. The third kappa shape index (κ3) is 2.24. The predicted molar refractivity (Wildman–Crippen MR) is 79.1 cm³/mol. The number of carbonyl (C=O) groups is 1. The van der Waals surface area contributed by atoms with Gasteiger partial charge in [0.15, 0.2) is 0 Å². The van der Waals surface area contributed by atoms with E-state index in [1.807, 2.05) is 30.3 Å². The Balaban J connectivity index is 2.24. The second kappa shape index (κ2) is 4.94. The first kappa shape index (κ1) is 12.6. The number of benzene rings is 2. The van der Waals surface area contributed by atoms with Gasteiger partial charge < -0.3 is 5.11 Å². The van der Waals surface area contributed by atoms with E-state index in [0.29, 0.717) is 16.2 Å². The smallest absolute Gasteiger partial charge is 0.337 e. The molecule has 3 nitrogen and oxygen atoms in total. The van der Waals surface area contributed by atoms with Crippen LogP contribution in [0.15, 0.2) is 54.6 Å². The Bertz CT molecular complexity index is 814. The Labute approximate surface area is 120 Å². The fraction of sp³-hybridized carbons (Fsp3) is 0. The van der Waals surface area contributed by atoms with Gasteiger partial charge in [0.2, 0.25) is 0 Å². The molecule has 0 bridgehead atoms. The van der Waals surface area contributed by atoms with Gasteiger partial charge in [0.1, 0.15) is 0 Å². The number of fused-ring (bicyclic) bond motifs is 1. The summed E-state index contributed by atoms with van der Waals surface area (Å²) in [4.78, 5) is 15.7. The highest BCUT2D eigenvalue weighted by Gasteiger charge is 2.10. The van der Waals surface area contributed by atoms with Crippen LogP contribution < -0.4 is 0 Å². The lowest BCUT2D eigenvalue weighted by Crippen LogP contribution is -1.99. The maximum atomic E-state index is 11.3. The second-order valence-corrected chi connectivity index (χ2v) is 4.83. The van der Waals surface area contributed by atoms with Crippen molar-refractivity contribution < 1.29 is 9.90 Å². The maximum Gasteiger partial charge on any atom is 0.337 e. The largest absolute Gasteiger partial charge is 0.478 e. The Morgan fingerprint density at radius 1 is 1.05 bits per heavy atom. The quantitative estimate of drug-likeness (QED) is 0.765. The van der Waals surface area contributed by atoms with Gasteiger partial charge in [-0.2, -0.15) is 0 Å². The molecule has 1 N–H and O–H groups in total. The van der Waals surface area contributed by atoms with Crippen LogP contribution >= 0.6 is 11.6 Å². The van der Waals surface area contributed by atoms with Crippen LogP contribution in [0.3, 0.4) is 0 Å². The van der Waals surface area contributed by atoms with Crippen LogP contribution in [0.1, 0.15) is 10.4 Å². The lowest BCUT2D eigenvalue weighted by Gasteiger charge is -2.06. The van der Waals surface area contributed by atoms with E-state index >= 15 is 0 Å². The predicted octanol–water partition coefficient (Wildman–Crippen LogP) is 4.25. The molecule has 3 aromatic rings. The van der Waals surface area contributed by atoms with Gasteiger partial charge >= 0.3 is 5.97 Å². The minimum absolute atomic E-state index is 0.200. The summed E-state index contributed by atoms with van der Waals surface area (Å²) < 4.78 is 0. The molecular formula is C16H10ClNO2. The van der Waals surface area contributed by atoms with E-state index in [2.05, 4.69) is 4.98 Å². The molecule has 0 atom stereocenters. The van der Waals surface area contributed by atoms with Gasteiger partial charge in [0, 0.05) is 16.0 Å². The van der Waals surface area contributed by atoms with Crippen molar-refractivity contribution in [2.24, 2.45) is 0 Å². The van der Waals surface area contributed by atoms with Gasteiger partial charge in [0.05, 0.1) is 16.8 Å². The van der Waals surface area contributed by atoms with Gasteiger partial charge in [0.25, 0.3) is 0 Å². The summed E-state index contributed by atoms with van der Waals surface area (Å²) in [5, 5.41) is 10.7. The number of para-hydroxylation sites is 1. The van der Waals surface area contributed by atoms with Crippen molar-refractivity contribution in [3.8, 4) is 11.3 Å². The highest BCUT2D eigenvalue weighted by atomic mass is 35.5. The van der Waals surface area contributed by atoms with E-state index in [1.54, 1.807) is 24.3 Å². The van der Waals surface area contributed by atoms with E-state index in [0.717, 1.165) is 10.9 Å². The zero-order valence-corrected chi connectivity index (χ0v) is 11.1. The molecule has 0 spiro atoms. The Kier molecular flexibility index (Phi) is 3.12. The molecule has 3 rings (SSSR count). The van der Waals surface area contributed by atoms with Crippen LogP contribution in [0.25, 0.3) is 22.2 Å². The SMILES string of the molecule is O=C(O)c1cccc2ccc(-c3cccc(Cl)c3)nc12. The minimum atomic E-state index is -0.980. The standard InChI is InChI=1S/C16H10ClNO2/c17-12-5-1-4-11(9-12)14-8-7-10-3-2-6-13(16(19)20)15(10)18-14/h1-9H,(H,19,20). The topological polar surface area (TPSA) is 50.2 Å². The Morgan fingerprint density at radius 3 is 2.60 bits per heavy atom. The normalized spacial score (nSPS) is 10.7. The summed E-state index contributed by atoms with van der Waals surface area (Å²) in [7, 11) is 0. The first-order chi connectivity index (χ1) is 9.65. The number of hydrogen-bond acceptors (Lipinski definition) is 2. The van der Waals surface area contributed by atoms with E-state index in [-0.39, 0.29) is 5.56 Å². The van der Waals surface area contributed by atoms with Gasteiger partial charge in [-0.1, -0.05) is 41.9 Å². The molecule has 20 heavy (non-hydrogen) atoms. The van der Waals surface area contributed by atoms with Gasteiger partial charge in [-0.05, 0) is 24.3 Å². The molecule has 1 heterocycles. The van der Waals surface area contributed by atoms with Crippen LogP contribution in [0, 0.1) is 0 Å². The van der Waals surface area contributed by atoms with Crippen molar-refractivity contribution in [3.05, 3.63) is 65.2 Å². The van der Waals surface area contributed by atoms with Crippen molar-refractivity contribution in [2.75, 3.05) is 0 Å². The summed E-state index contributed by atoms with van der Waals surface area (Å²) in [5.41, 5.74) is 2.25. The average Bonchev–Trinajstić information content (AvgIpc) is 2.46. The monoisotopic (exact) mass is 283 g/mol. The molecule has 0 aliphatic carbocycles. The minimum Gasteiger partial charge on any atom is -0.478 e. The zero-order valence-electron chi connectivity index (χ0n) is 10.4. The first-order valence-electron chi connectivity index (χ1n) is 6.04. The van der Waals surface area contributed by atoms with Crippen molar-refractivity contribution in [1.82, 2.24) is 4.98 Å². The lowest BCUT2D eigenvalue weighted by atomic mass is 10.1. The Morgan fingerprint density at radius 2 is 1.85 bits per heavy atom. The van der Waals surface area contributed by atoms with Gasteiger partial charge in [-0.25, -0.2) is 9.78 Å². The highest BCUT2D eigenvalue weighted by Crippen LogP contribution is 2.25. The molecule has 2 aromatic carbocycles. The van der Waals surface area contributed by atoms with Crippen molar-refractivity contribution in [3.63, 3.8) is 0 Å². The number of rotatable bonds is 2. The molecule has 1 aromatic heterocycles. The number of carboxylic acids is 1. The molecule has 0 saturated carbocycles. The van der Waals surface area contributed by atoms with E-state index in [9.17, 15) is 9.90 Å². The zero-order chi connectivity index (χ0) is 14.1. The first-order valence-corrected chi connectivity index (χ1v) is 6.42. The summed E-state index contributed by atoms with van der Waals surface area (Å²) in [5.74, 6) is -0.980. The third-order valence-electron chi connectivity index (χ3n) is 3.07. The second-order valence-electron chi connectivity index (χ2n) is 4.39. The Hall–Kier alpha value is -2.39. The van der Waals surface area contributed by atoms with E-state index in [4.69, 9.17) is 11.6 Å². The number of aromatic nitrogens is 1. The fourth-order valence-corrected chi connectivity index (χ4v) is 2.32. The highest BCUT2D eigenvalue weighted by molar-refractivity contribution is 6.30. The number of halogens is 1. The van der Waals surface area contributed by atoms with Crippen LogP contribution in [0.5, 0.6) is 0 Å². The van der Waals surface area contributed by atoms with Gasteiger partial charge in [-0.15, -0.1) is 0 Å². The molecule has 0 saturated heterocycles. The fourth-order valence-electron chi connectivity index (χ4n) is 2.13. The van der Waals surface area contributed by atoms with Crippen LogP contribution in [0.4, 0.5) is 0 Å². The number of nitrogens with zero attached hydrogens (tertiary/aromatic N) is 1. The molecule has 0 aliphatic rings. The molecule has 0 aliphatic heterocycles. The molecule has 0 unspecified atom stereocenters. The van der Waals surface area contributed by atoms with Crippen molar-refractivity contribution in [1.29, 1.82) is 0 Å². The molecule has 0 amide bonds. The molecular weight excluding hydrogens is 274 g/mol. The molecule has 0 fully saturated rings. The molecule has 98 valence electrons. The number of aromatic carboxylic acids is 1. The lowest BCUT2D eigenvalue weighted by molar-refractivity contribution is 0.0699. The van der Waals surface area contributed by atoms with E-state index < -0.39 is 5.97 Å². The summed E-state index contributed by atoms with van der Waals surface area (Å²) in [6.07, 6.45) is 0. The summed E-state index contributed by atoms with van der Waals surface area (Å²) >= 11 is 5.97. The van der Waals surface area contributed by atoms with E-state index in [1.165, 1.54) is 0 Å². The van der Waals surface area contributed by atoms with Crippen molar-refractivity contribution >= 4 is 28.5 Å². The third-order valence-corrected chi connectivity index (χ3v) is 3.31. The maximum absolute atomic E-state index is 11.3. The number of carboxylic acid groups (broad SMARTS) is 1. The summed E-state index contributed by atoms with van der Waals surface area (Å²) in [6, 6.07) is 16.2. The molecule has 4 heteroatoms. The average molecular weight is 284 g/mol. The van der Waals surface area contributed by atoms with Gasteiger partial charge in [-0.3, -0.25) is 0 Å². The number of pyridine rings is 1.